The molecule has 0 spiro atoms. The summed E-state index contributed by atoms with van der Waals surface area (Å²) in [6.07, 6.45) is 0. The lowest BCUT2D eigenvalue weighted by atomic mass is 10.2. The van der Waals surface area contributed by atoms with Gasteiger partial charge in [-0.3, -0.25) is 4.90 Å². The summed E-state index contributed by atoms with van der Waals surface area (Å²) >= 11 is 5.96. The number of likely N-dealkylation sites (N-methyl/N-ethyl adjacent to an activating group) is 2. The van der Waals surface area contributed by atoms with Crippen molar-refractivity contribution in [2.75, 3.05) is 66.5 Å². The molecule has 0 atom stereocenters. The molecule has 124 valence electrons. The predicted octanol–water partition coefficient (Wildman–Crippen LogP) is 1.61. The Balaban J connectivity index is 0.000000211. The zero-order valence-electron chi connectivity index (χ0n) is 13.9. The van der Waals surface area contributed by atoms with Crippen LogP contribution in [0.2, 0.25) is 5.02 Å². The Morgan fingerprint density at radius 3 is 2.14 bits per heavy atom. The molecular weight excluding hydrogens is 296 g/mol. The number of nitrogens with one attached hydrogen (secondary N) is 1. The van der Waals surface area contributed by atoms with Crippen molar-refractivity contribution in [2.45, 2.75) is 6.54 Å². The van der Waals surface area contributed by atoms with Gasteiger partial charge in [-0.15, -0.1) is 0 Å². The van der Waals surface area contributed by atoms with Crippen LogP contribution in [0, 0.1) is 0 Å². The molecule has 1 N–H and O–H groups in total. The lowest BCUT2D eigenvalue weighted by molar-refractivity contribution is 0.148. The number of piperazine rings is 2. The third-order valence-corrected chi connectivity index (χ3v) is 4.47. The van der Waals surface area contributed by atoms with Gasteiger partial charge < -0.3 is 15.1 Å². The van der Waals surface area contributed by atoms with Gasteiger partial charge in [-0.05, 0) is 31.8 Å². The fourth-order valence-electron chi connectivity index (χ4n) is 2.68. The van der Waals surface area contributed by atoms with Crippen molar-refractivity contribution < 1.29 is 0 Å². The fraction of sp³-hybridized carbons (Fsp3) is 0.647. The lowest BCUT2D eigenvalue weighted by Gasteiger charge is -2.32. The molecule has 2 fully saturated rings. The van der Waals surface area contributed by atoms with E-state index in [4.69, 9.17) is 11.6 Å². The van der Waals surface area contributed by atoms with Crippen LogP contribution in [-0.2, 0) is 6.54 Å². The van der Waals surface area contributed by atoms with Gasteiger partial charge in [0.25, 0.3) is 0 Å². The van der Waals surface area contributed by atoms with Gasteiger partial charge in [-0.1, -0.05) is 23.7 Å². The Morgan fingerprint density at radius 2 is 1.59 bits per heavy atom. The highest BCUT2D eigenvalue weighted by Gasteiger charge is 2.13. The minimum atomic E-state index is 0.835. The maximum atomic E-state index is 5.96. The molecule has 0 aliphatic carbocycles. The van der Waals surface area contributed by atoms with Crippen LogP contribution in [0.15, 0.2) is 24.3 Å². The van der Waals surface area contributed by atoms with Crippen molar-refractivity contribution >= 4 is 11.6 Å². The number of hydrogen-bond donors (Lipinski definition) is 1. The number of rotatable bonds is 2. The van der Waals surface area contributed by atoms with Gasteiger partial charge in [-0.2, -0.15) is 0 Å². The highest BCUT2D eigenvalue weighted by atomic mass is 35.5. The number of nitrogens with zero attached hydrogens (tertiary/aromatic N) is 3. The molecule has 5 heteroatoms. The van der Waals surface area contributed by atoms with E-state index in [0.29, 0.717) is 0 Å². The lowest BCUT2D eigenvalue weighted by Crippen LogP contribution is -2.43. The zero-order chi connectivity index (χ0) is 15.8. The Kier molecular flexibility index (Phi) is 7.63. The first-order valence-corrected chi connectivity index (χ1v) is 8.56. The summed E-state index contributed by atoms with van der Waals surface area (Å²) in [6, 6.07) is 8.15. The average molecular weight is 325 g/mol. The molecule has 2 heterocycles. The van der Waals surface area contributed by atoms with E-state index in [1.807, 2.05) is 12.1 Å². The van der Waals surface area contributed by atoms with Gasteiger partial charge in [0.05, 0.1) is 0 Å². The summed E-state index contributed by atoms with van der Waals surface area (Å²) < 4.78 is 0. The first-order chi connectivity index (χ1) is 10.6. The van der Waals surface area contributed by atoms with E-state index in [9.17, 15) is 0 Å². The predicted molar refractivity (Wildman–Crippen MR) is 94.6 cm³/mol. The maximum Gasteiger partial charge on any atom is 0.0409 e. The maximum absolute atomic E-state index is 5.96. The van der Waals surface area contributed by atoms with Crippen LogP contribution in [-0.4, -0.2) is 81.2 Å². The number of benzene rings is 1. The van der Waals surface area contributed by atoms with Crippen LogP contribution in [0.4, 0.5) is 0 Å². The van der Waals surface area contributed by atoms with Gasteiger partial charge in [-0.25, -0.2) is 0 Å². The second-order valence-electron chi connectivity index (χ2n) is 6.26. The molecule has 2 saturated heterocycles. The molecule has 1 aromatic carbocycles. The third-order valence-electron chi connectivity index (χ3n) is 4.23. The smallest absolute Gasteiger partial charge is 0.0409 e. The van der Waals surface area contributed by atoms with Crippen LogP contribution in [0.5, 0.6) is 0 Å². The van der Waals surface area contributed by atoms with Gasteiger partial charge in [0.2, 0.25) is 0 Å². The fourth-order valence-corrected chi connectivity index (χ4v) is 2.89. The summed E-state index contributed by atoms with van der Waals surface area (Å²) in [6.45, 7) is 10.4. The van der Waals surface area contributed by atoms with Crippen molar-refractivity contribution in [1.29, 1.82) is 0 Å². The molecule has 22 heavy (non-hydrogen) atoms. The van der Waals surface area contributed by atoms with Crippen LogP contribution >= 0.6 is 11.6 Å². The normalized spacial score (nSPS) is 21.2. The zero-order valence-corrected chi connectivity index (χ0v) is 14.6. The minimum Gasteiger partial charge on any atom is -0.314 e. The van der Waals surface area contributed by atoms with Gasteiger partial charge in [0, 0.05) is 63.9 Å². The van der Waals surface area contributed by atoms with Gasteiger partial charge in [0.1, 0.15) is 0 Å². The Labute approximate surface area is 140 Å². The molecule has 3 rings (SSSR count). The first-order valence-electron chi connectivity index (χ1n) is 8.18. The van der Waals surface area contributed by atoms with Crippen LogP contribution in [0.3, 0.4) is 0 Å². The molecule has 0 saturated carbocycles. The number of hydrogen-bond acceptors (Lipinski definition) is 4. The van der Waals surface area contributed by atoms with Crippen LogP contribution < -0.4 is 5.32 Å². The highest BCUT2D eigenvalue weighted by Crippen LogP contribution is 2.13. The Morgan fingerprint density at radius 1 is 0.955 bits per heavy atom. The summed E-state index contributed by atoms with van der Waals surface area (Å²) in [5, 5.41) is 4.11. The van der Waals surface area contributed by atoms with Gasteiger partial charge in [0.15, 0.2) is 0 Å². The molecule has 0 amide bonds. The molecule has 2 aliphatic heterocycles. The molecule has 0 aromatic heterocycles. The minimum absolute atomic E-state index is 0.835. The number of halogens is 1. The highest BCUT2D eigenvalue weighted by molar-refractivity contribution is 6.30. The molecule has 2 aliphatic rings. The largest absolute Gasteiger partial charge is 0.314 e. The van der Waals surface area contributed by atoms with E-state index in [-0.39, 0.29) is 0 Å². The van der Waals surface area contributed by atoms with E-state index in [1.165, 1.54) is 31.7 Å². The first kappa shape index (κ1) is 17.7. The standard InChI is InChI=1S/C12H17ClN2.C5H12N2/c1-14-5-7-15(8-6-14)10-11-3-2-4-12(13)9-11;1-7-4-2-6-3-5-7/h2-4,9H,5-8,10H2,1H3;6H,2-5H2,1H3. The molecular formula is C17H29ClN4. The van der Waals surface area contributed by atoms with E-state index in [0.717, 1.165) is 37.7 Å². The third kappa shape index (κ3) is 6.63. The Hall–Kier alpha value is -0.650. The molecule has 4 nitrogen and oxygen atoms in total. The molecule has 1 aromatic rings. The summed E-state index contributed by atoms with van der Waals surface area (Å²) in [5.74, 6) is 0. The van der Waals surface area contributed by atoms with E-state index in [1.54, 1.807) is 0 Å². The van der Waals surface area contributed by atoms with E-state index in [2.05, 4.69) is 46.2 Å². The second kappa shape index (κ2) is 9.48. The molecule has 0 unspecified atom stereocenters. The second-order valence-corrected chi connectivity index (χ2v) is 6.70. The van der Waals surface area contributed by atoms with E-state index >= 15 is 0 Å². The van der Waals surface area contributed by atoms with E-state index < -0.39 is 0 Å². The average Bonchev–Trinajstić information content (AvgIpc) is 2.51. The molecule has 0 bridgehead atoms. The summed E-state index contributed by atoms with van der Waals surface area (Å²) in [5.41, 5.74) is 1.31. The van der Waals surface area contributed by atoms with Crippen molar-refractivity contribution in [3.05, 3.63) is 34.9 Å². The molecule has 0 radical (unpaired) electrons. The quantitative estimate of drug-likeness (QED) is 0.892. The monoisotopic (exact) mass is 324 g/mol. The van der Waals surface area contributed by atoms with Crippen LogP contribution in [0.25, 0.3) is 0 Å². The van der Waals surface area contributed by atoms with Crippen molar-refractivity contribution in [1.82, 2.24) is 20.0 Å². The Bertz CT molecular complexity index is 426. The van der Waals surface area contributed by atoms with Crippen LogP contribution in [0.1, 0.15) is 5.56 Å². The van der Waals surface area contributed by atoms with Crippen molar-refractivity contribution in [3.63, 3.8) is 0 Å². The van der Waals surface area contributed by atoms with Gasteiger partial charge >= 0.3 is 0 Å². The topological polar surface area (TPSA) is 21.8 Å². The summed E-state index contributed by atoms with van der Waals surface area (Å²) in [7, 11) is 4.33. The SMILES string of the molecule is CN1CCN(Cc2cccc(Cl)c2)CC1.CN1CCNCC1. The van der Waals surface area contributed by atoms with Crippen molar-refractivity contribution in [2.24, 2.45) is 0 Å². The summed E-state index contributed by atoms with van der Waals surface area (Å²) in [4.78, 5) is 7.18. The van der Waals surface area contributed by atoms with Crippen molar-refractivity contribution in [3.8, 4) is 0 Å².